The standard InChI is InChI=1S/C16H15BrFNO/c1-9-4-5-13(18)8-14(9)16(20)19-15-10(2)6-12(17)7-11(15)3/h4-8H,1-3H3,(H,19,20). The Bertz CT molecular complexity index is 659. The molecule has 0 bridgehead atoms. The first-order chi connectivity index (χ1) is 9.38. The van der Waals surface area contributed by atoms with E-state index in [1.165, 1.54) is 12.1 Å². The SMILES string of the molecule is Cc1ccc(F)cc1C(=O)Nc1c(C)cc(Br)cc1C. The molecule has 2 rings (SSSR count). The van der Waals surface area contributed by atoms with Crippen molar-refractivity contribution in [2.24, 2.45) is 0 Å². The van der Waals surface area contributed by atoms with Crippen LogP contribution >= 0.6 is 15.9 Å². The maximum absolute atomic E-state index is 13.3. The average molecular weight is 336 g/mol. The summed E-state index contributed by atoms with van der Waals surface area (Å²) in [4.78, 5) is 12.3. The predicted octanol–water partition coefficient (Wildman–Crippen LogP) is 4.77. The van der Waals surface area contributed by atoms with Gasteiger partial charge in [0.25, 0.3) is 5.91 Å². The maximum atomic E-state index is 13.3. The van der Waals surface area contributed by atoms with Gasteiger partial charge in [0, 0.05) is 15.7 Å². The van der Waals surface area contributed by atoms with E-state index in [9.17, 15) is 9.18 Å². The third kappa shape index (κ3) is 3.07. The molecule has 2 aromatic rings. The second kappa shape index (κ2) is 5.75. The lowest BCUT2D eigenvalue weighted by Gasteiger charge is -2.13. The largest absolute Gasteiger partial charge is 0.321 e. The lowest BCUT2D eigenvalue weighted by Crippen LogP contribution is -2.15. The molecule has 0 aliphatic carbocycles. The number of anilines is 1. The Hall–Kier alpha value is -1.68. The van der Waals surface area contributed by atoms with E-state index in [2.05, 4.69) is 21.2 Å². The third-order valence-corrected chi connectivity index (χ3v) is 3.64. The van der Waals surface area contributed by atoms with Gasteiger partial charge in [0.1, 0.15) is 5.82 Å². The molecule has 0 saturated heterocycles. The van der Waals surface area contributed by atoms with E-state index in [1.54, 1.807) is 13.0 Å². The van der Waals surface area contributed by atoms with Crippen molar-refractivity contribution in [3.63, 3.8) is 0 Å². The molecule has 2 nitrogen and oxygen atoms in total. The van der Waals surface area contributed by atoms with E-state index in [-0.39, 0.29) is 5.91 Å². The predicted molar refractivity (Wildman–Crippen MR) is 82.7 cm³/mol. The van der Waals surface area contributed by atoms with Crippen molar-refractivity contribution in [1.82, 2.24) is 0 Å². The molecular weight excluding hydrogens is 321 g/mol. The van der Waals surface area contributed by atoms with Gasteiger partial charge in [-0.15, -0.1) is 0 Å². The second-order valence-corrected chi connectivity index (χ2v) is 5.74. The minimum atomic E-state index is -0.412. The van der Waals surface area contributed by atoms with Gasteiger partial charge in [0.15, 0.2) is 0 Å². The highest BCUT2D eigenvalue weighted by molar-refractivity contribution is 9.10. The molecule has 1 amide bonds. The Morgan fingerprint density at radius 2 is 1.65 bits per heavy atom. The van der Waals surface area contributed by atoms with Crippen molar-refractivity contribution in [1.29, 1.82) is 0 Å². The summed E-state index contributed by atoms with van der Waals surface area (Å²) < 4.78 is 14.2. The number of carbonyl (C=O) groups excluding carboxylic acids is 1. The highest BCUT2D eigenvalue weighted by Gasteiger charge is 2.13. The summed E-state index contributed by atoms with van der Waals surface area (Å²) in [5.41, 5.74) is 3.78. The summed E-state index contributed by atoms with van der Waals surface area (Å²) in [5.74, 6) is -0.708. The molecule has 0 spiro atoms. The molecular formula is C16H15BrFNO. The lowest BCUT2D eigenvalue weighted by atomic mass is 10.1. The van der Waals surface area contributed by atoms with Crippen LogP contribution in [0.3, 0.4) is 0 Å². The van der Waals surface area contributed by atoms with Gasteiger partial charge in [0.05, 0.1) is 0 Å². The lowest BCUT2D eigenvalue weighted by molar-refractivity contribution is 0.102. The third-order valence-electron chi connectivity index (χ3n) is 3.18. The molecule has 0 aliphatic heterocycles. The Labute approximate surface area is 126 Å². The number of amides is 1. The molecule has 0 unspecified atom stereocenters. The smallest absolute Gasteiger partial charge is 0.256 e. The maximum Gasteiger partial charge on any atom is 0.256 e. The Balaban J connectivity index is 2.35. The number of rotatable bonds is 2. The van der Waals surface area contributed by atoms with Crippen molar-refractivity contribution in [2.45, 2.75) is 20.8 Å². The number of nitrogens with one attached hydrogen (secondary N) is 1. The molecule has 0 heterocycles. The molecule has 0 saturated carbocycles. The molecule has 0 atom stereocenters. The number of halogens is 2. The van der Waals surface area contributed by atoms with Gasteiger partial charge in [-0.25, -0.2) is 4.39 Å². The second-order valence-electron chi connectivity index (χ2n) is 4.83. The van der Waals surface area contributed by atoms with Gasteiger partial charge in [-0.2, -0.15) is 0 Å². The Morgan fingerprint density at radius 1 is 1.05 bits per heavy atom. The van der Waals surface area contributed by atoms with E-state index >= 15 is 0 Å². The van der Waals surface area contributed by atoms with Gasteiger partial charge in [0.2, 0.25) is 0 Å². The average Bonchev–Trinajstić information content (AvgIpc) is 2.36. The molecule has 1 N–H and O–H groups in total. The fourth-order valence-electron chi connectivity index (χ4n) is 2.13. The van der Waals surface area contributed by atoms with E-state index in [0.29, 0.717) is 5.56 Å². The Kier molecular flexibility index (Phi) is 4.23. The first kappa shape index (κ1) is 14.7. The molecule has 0 aliphatic rings. The summed E-state index contributed by atoms with van der Waals surface area (Å²) in [5, 5.41) is 2.86. The van der Waals surface area contributed by atoms with E-state index < -0.39 is 5.82 Å². The number of benzene rings is 2. The summed E-state index contributed by atoms with van der Waals surface area (Å²) in [6.45, 7) is 5.63. The zero-order valence-electron chi connectivity index (χ0n) is 11.6. The molecule has 0 aromatic heterocycles. The first-order valence-electron chi connectivity index (χ1n) is 6.22. The molecule has 20 heavy (non-hydrogen) atoms. The van der Waals surface area contributed by atoms with Crippen molar-refractivity contribution in [3.8, 4) is 0 Å². The van der Waals surface area contributed by atoms with Crippen LogP contribution in [-0.2, 0) is 0 Å². The normalized spacial score (nSPS) is 10.4. The van der Waals surface area contributed by atoms with Crippen molar-refractivity contribution < 1.29 is 9.18 Å². The van der Waals surface area contributed by atoms with E-state index in [1.807, 2.05) is 26.0 Å². The zero-order valence-corrected chi connectivity index (χ0v) is 13.1. The molecule has 0 fully saturated rings. The van der Waals surface area contributed by atoms with Crippen LogP contribution in [0.25, 0.3) is 0 Å². The fraction of sp³-hybridized carbons (Fsp3) is 0.188. The number of carbonyl (C=O) groups is 1. The summed E-state index contributed by atoms with van der Waals surface area (Å²) >= 11 is 3.42. The van der Waals surface area contributed by atoms with Crippen LogP contribution in [0, 0.1) is 26.6 Å². The summed E-state index contributed by atoms with van der Waals surface area (Å²) in [7, 11) is 0. The zero-order chi connectivity index (χ0) is 14.9. The van der Waals surface area contributed by atoms with Crippen LogP contribution in [0.15, 0.2) is 34.8 Å². The topological polar surface area (TPSA) is 29.1 Å². The number of hydrogen-bond acceptors (Lipinski definition) is 1. The van der Waals surface area contributed by atoms with Crippen molar-refractivity contribution in [2.75, 3.05) is 5.32 Å². The first-order valence-corrected chi connectivity index (χ1v) is 7.02. The summed E-state index contributed by atoms with van der Waals surface area (Å²) in [6, 6.07) is 8.07. The van der Waals surface area contributed by atoms with Crippen LogP contribution in [0.5, 0.6) is 0 Å². The van der Waals surface area contributed by atoms with Gasteiger partial charge < -0.3 is 5.32 Å². The molecule has 0 radical (unpaired) electrons. The molecule has 2 aromatic carbocycles. The Morgan fingerprint density at radius 3 is 2.25 bits per heavy atom. The fourth-order valence-corrected chi connectivity index (χ4v) is 2.81. The van der Waals surface area contributed by atoms with Crippen LogP contribution < -0.4 is 5.32 Å². The van der Waals surface area contributed by atoms with Gasteiger partial charge in [-0.1, -0.05) is 22.0 Å². The van der Waals surface area contributed by atoms with Crippen molar-refractivity contribution >= 4 is 27.5 Å². The highest BCUT2D eigenvalue weighted by Crippen LogP contribution is 2.26. The van der Waals surface area contributed by atoms with Gasteiger partial charge in [-0.3, -0.25) is 4.79 Å². The monoisotopic (exact) mass is 335 g/mol. The van der Waals surface area contributed by atoms with E-state index in [0.717, 1.165) is 26.9 Å². The minimum Gasteiger partial charge on any atom is -0.321 e. The summed E-state index contributed by atoms with van der Waals surface area (Å²) in [6.07, 6.45) is 0. The van der Waals surface area contributed by atoms with E-state index in [4.69, 9.17) is 0 Å². The van der Waals surface area contributed by atoms with Gasteiger partial charge in [-0.05, 0) is 61.7 Å². The molecule has 104 valence electrons. The highest BCUT2D eigenvalue weighted by atomic mass is 79.9. The van der Waals surface area contributed by atoms with Gasteiger partial charge >= 0.3 is 0 Å². The van der Waals surface area contributed by atoms with Crippen LogP contribution in [0.1, 0.15) is 27.0 Å². The van der Waals surface area contributed by atoms with Crippen LogP contribution in [0.2, 0.25) is 0 Å². The number of hydrogen-bond donors (Lipinski definition) is 1. The quantitative estimate of drug-likeness (QED) is 0.841. The molecule has 4 heteroatoms. The minimum absolute atomic E-state index is 0.296. The van der Waals surface area contributed by atoms with Crippen molar-refractivity contribution in [3.05, 3.63) is 62.9 Å². The number of aryl methyl sites for hydroxylation is 3. The van der Waals surface area contributed by atoms with Crippen LogP contribution in [0.4, 0.5) is 10.1 Å². The van der Waals surface area contributed by atoms with Crippen LogP contribution in [-0.4, -0.2) is 5.91 Å².